The molecule has 1 spiro atoms. The molecule has 0 amide bonds. The van der Waals surface area contributed by atoms with E-state index in [4.69, 9.17) is 0 Å². The van der Waals surface area contributed by atoms with Gasteiger partial charge < -0.3 is 0 Å². The maximum absolute atomic E-state index is 3.61. The molecule has 2 rings (SSSR count). The molecule has 13 heavy (non-hydrogen) atoms. The molecule has 78 valence electrons. The molecule has 2 nitrogen and oxygen atoms in total. The second-order valence-corrected chi connectivity index (χ2v) is 6.77. The Morgan fingerprint density at radius 2 is 2.08 bits per heavy atom. The zero-order valence-electron chi connectivity index (χ0n) is 8.41. The topological polar surface area (TPSA) is 24.1 Å². The van der Waals surface area contributed by atoms with E-state index in [0.29, 0.717) is 26.6 Å². The first-order chi connectivity index (χ1) is 6.37. The summed E-state index contributed by atoms with van der Waals surface area (Å²) in [6.45, 7) is 5.09. The van der Waals surface area contributed by atoms with Crippen molar-refractivity contribution in [3.8, 4) is 0 Å². The van der Waals surface area contributed by atoms with Crippen molar-refractivity contribution in [1.29, 1.82) is 0 Å². The van der Waals surface area contributed by atoms with Crippen LogP contribution < -0.4 is 31.8 Å². The summed E-state index contributed by atoms with van der Waals surface area (Å²) in [7, 11) is 0. The number of rotatable bonds is 2. The average Bonchev–Trinajstić information content (AvgIpc) is 2.52. The molecule has 0 aromatic rings. The molecule has 2 heterocycles. The maximum atomic E-state index is 3.61. The average molecular weight is 295 g/mol. The van der Waals surface area contributed by atoms with Crippen molar-refractivity contribution in [2.24, 2.45) is 11.3 Å². The van der Waals surface area contributed by atoms with Gasteiger partial charge in [0.2, 0.25) is 0 Å². The van der Waals surface area contributed by atoms with E-state index in [1.807, 2.05) is 0 Å². The van der Waals surface area contributed by atoms with Gasteiger partial charge in [0.15, 0.2) is 0 Å². The van der Waals surface area contributed by atoms with E-state index in [9.17, 15) is 0 Å². The fraction of sp³-hybridized carbons (Fsp3) is 1.00. The van der Waals surface area contributed by atoms with Crippen LogP contribution in [0, 0.1) is 11.3 Å². The van der Waals surface area contributed by atoms with Crippen LogP contribution in [0.1, 0.15) is 12.8 Å². The van der Waals surface area contributed by atoms with Crippen molar-refractivity contribution in [3.05, 3.63) is 0 Å². The van der Waals surface area contributed by atoms with E-state index in [0.717, 1.165) is 5.92 Å². The standard InChI is InChI=1S/C10H20IN2/c1-11-6-9-7-13-8-10(9)2-4-12-5-3-10/h9,12-13H,2-8H2,1H3/q-1. The van der Waals surface area contributed by atoms with Gasteiger partial charge in [-0.2, -0.15) is 0 Å². The third kappa shape index (κ3) is 2.02. The Morgan fingerprint density at radius 1 is 1.31 bits per heavy atom. The molecule has 1 unspecified atom stereocenters. The molecule has 1 atom stereocenters. The number of hydrogen-bond acceptors (Lipinski definition) is 2. The first kappa shape index (κ1) is 10.2. The molecule has 0 aromatic carbocycles. The van der Waals surface area contributed by atoms with Crippen LogP contribution in [0.4, 0.5) is 0 Å². The molecule has 0 saturated carbocycles. The second-order valence-electron chi connectivity index (χ2n) is 4.36. The first-order valence-electron chi connectivity index (χ1n) is 5.23. The first-order valence-corrected chi connectivity index (χ1v) is 8.91. The molecule has 0 radical (unpaired) electrons. The minimum absolute atomic E-state index is 0.481. The normalized spacial score (nSPS) is 32.8. The molecule has 2 fully saturated rings. The number of piperidine rings is 1. The summed E-state index contributed by atoms with van der Waals surface area (Å²) in [5.41, 5.74) is 0.695. The van der Waals surface area contributed by atoms with Crippen molar-refractivity contribution >= 4 is 0 Å². The van der Waals surface area contributed by atoms with Crippen molar-refractivity contribution < 1.29 is 21.2 Å². The van der Waals surface area contributed by atoms with E-state index in [2.05, 4.69) is 15.6 Å². The van der Waals surface area contributed by atoms with Crippen molar-refractivity contribution in [2.75, 3.05) is 35.5 Å². The van der Waals surface area contributed by atoms with Crippen LogP contribution in [-0.2, 0) is 0 Å². The van der Waals surface area contributed by atoms with Gasteiger partial charge in [-0.3, -0.25) is 0 Å². The number of nitrogens with one attached hydrogen (secondary N) is 2. The summed E-state index contributed by atoms with van der Waals surface area (Å²) in [4.78, 5) is 2.42. The van der Waals surface area contributed by atoms with E-state index < -0.39 is 0 Å². The fourth-order valence-electron chi connectivity index (χ4n) is 2.77. The predicted molar refractivity (Wildman–Crippen MR) is 51.7 cm³/mol. The summed E-state index contributed by atoms with van der Waals surface area (Å²) >= 11 is 0.481. The zero-order valence-corrected chi connectivity index (χ0v) is 10.6. The van der Waals surface area contributed by atoms with Crippen LogP contribution in [0.5, 0.6) is 0 Å². The molecule has 2 N–H and O–H groups in total. The van der Waals surface area contributed by atoms with Crippen molar-refractivity contribution in [2.45, 2.75) is 12.8 Å². The molecule has 0 aliphatic carbocycles. The van der Waals surface area contributed by atoms with Crippen LogP contribution in [0.2, 0.25) is 0 Å². The van der Waals surface area contributed by atoms with Crippen LogP contribution in [-0.4, -0.2) is 35.5 Å². The third-order valence-electron chi connectivity index (χ3n) is 3.67. The summed E-state index contributed by atoms with van der Waals surface area (Å²) in [6.07, 6.45) is 2.82. The van der Waals surface area contributed by atoms with Gasteiger partial charge in [-0.1, -0.05) is 0 Å². The number of alkyl halides is 2. The molecule has 3 heteroatoms. The van der Waals surface area contributed by atoms with Gasteiger partial charge in [0, 0.05) is 0 Å². The summed E-state index contributed by atoms with van der Waals surface area (Å²) in [6, 6.07) is 0. The number of halogens is 1. The van der Waals surface area contributed by atoms with Crippen LogP contribution in [0.3, 0.4) is 0 Å². The van der Waals surface area contributed by atoms with Crippen LogP contribution >= 0.6 is 0 Å². The Bertz CT molecular complexity index is 166. The monoisotopic (exact) mass is 295 g/mol. The molecule has 0 aromatic heterocycles. The predicted octanol–water partition coefficient (Wildman–Crippen LogP) is -2.71. The second kappa shape index (κ2) is 4.45. The molecule has 0 bridgehead atoms. The van der Waals surface area contributed by atoms with Gasteiger partial charge in [-0.15, -0.1) is 0 Å². The van der Waals surface area contributed by atoms with Crippen LogP contribution in [0.25, 0.3) is 0 Å². The van der Waals surface area contributed by atoms with Gasteiger partial charge >= 0.3 is 91.6 Å². The SMILES string of the molecule is C[I-]CC1CNCC12CCNCC2. The Kier molecular flexibility index (Phi) is 3.48. The van der Waals surface area contributed by atoms with E-state index in [-0.39, 0.29) is 0 Å². The van der Waals surface area contributed by atoms with Gasteiger partial charge in [0.25, 0.3) is 0 Å². The quantitative estimate of drug-likeness (QED) is 0.428. The Balaban J connectivity index is 2.00. The van der Waals surface area contributed by atoms with E-state index in [1.54, 1.807) is 0 Å². The van der Waals surface area contributed by atoms with Crippen molar-refractivity contribution in [3.63, 3.8) is 0 Å². The fourth-order valence-corrected chi connectivity index (χ4v) is 5.08. The van der Waals surface area contributed by atoms with E-state index in [1.165, 1.54) is 43.4 Å². The van der Waals surface area contributed by atoms with E-state index >= 15 is 0 Å². The molecule has 2 aliphatic heterocycles. The Hall–Kier alpha value is 0.650. The van der Waals surface area contributed by atoms with Crippen LogP contribution in [0.15, 0.2) is 0 Å². The summed E-state index contributed by atoms with van der Waals surface area (Å²) in [5.74, 6) is 1.01. The molecule has 2 saturated heterocycles. The third-order valence-corrected chi connectivity index (χ3v) is 5.62. The van der Waals surface area contributed by atoms with Gasteiger partial charge in [0.1, 0.15) is 0 Å². The summed E-state index contributed by atoms with van der Waals surface area (Å²) in [5, 5.41) is 7.09. The van der Waals surface area contributed by atoms with Gasteiger partial charge in [-0.05, 0) is 0 Å². The molecular weight excluding hydrogens is 275 g/mol. The van der Waals surface area contributed by atoms with Gasteiger partial charge in [-0.25, -0.2) is 0 Å². The number of hydrogen-bond donors (Lipinski definition) is 2. The zero-order chi connectivity index (χ0) is 9.15. The minimum atomic E-state index is 0.481. The summed E-state index contributed by atoms with van der Waals surface area (Å²) < 4.78 is 1.53. The Labute approximate surface area is 91.5 Å². The molecular formula is C10H20IN2-. The Morgan fingerprint density at radius 3 is 2.77 bits per heavy atom. The van der Waals surface area contributed by atoms with Gasteiger partial charge in [0.05, 0.1) is 0 Å². The molecule has 2 aliphatic rings. The van der Waals surface area contributed by atoms with Crippen molar-refractivity contribution in [1.82, 2.24) is 10.6 Å².